The Morgan fingerprint density at radius 2 is 2.12 bits per heavy atom. The van der Waals surface area contributed by atoms with Gasteiger partial charge in [0, 0.05) is 29.3 Å². The van der Waals surface area contributed by atoms with E-state index in [4.69, 9.17) is 14.1 Å². The molecule has 0 saturated heterocycles. The van der Waals surface area contributed by atoms with Crippen LogP contribution in [0.25, 0.3) is 0 Å². The maximum atomic E-state index is 12.7. The van der Waals surface area contributed by atoms with Gasteiger partial charge in [0.25, 0.3) is 5.91 Å². The highest BCUT2D eigenvalue weighted by Gasteiger charge is 2.39. The lowest BCUT2D eigenvalue weighted by Crippen LogP contribution is -2.23. The molecule has 26 heavy (non-hydrogen) atoms. The Morgan fingerprint density at radius 1 is 1.35 bits per heavy atom. The lowest BCUT2D eigenvalue weighted by Gasteiger charge is -2.22. The van der Waals surface area contributed by atoms with Crippen molar-refractivity contribution in [3.63, 3.8) is 0 Å². The summed E-state index contributed by atoms with van der Waals surface area (Å²) in [6.45, 7) is 4.48. The molecule has 2 heterocycles. The first-order chi connectivity index (χ1) is 12.6. The first-order valence-corrected chi connectivity index (χ1v) is 9.69. The van der Waals surface area contributed by atoms with Crippen LogP contribution in [0.4, 0.5) is 0 Å². The molecule has 1 amide bonds. The van der Waals surface area contributed by atoms with Gasteiger partial charge in [-0.1, -0.05) is 12.1 Å². The summed E-state index contributed by atoms with van der Waals surface area (Å²) in [6.07, 6.45) is 1.92. The van der Waals surface area contributed by atoms with Gasteiger partial charge in [0.2, 0.25) is 0 Å². The van der Waals surface area contributed by atoms with E-state index in [0.29, 0.717) is 17.6 Å². The third-order valence-electron chi connectivity index (χ3n) is 5.04. The second-order valence-corrected chi connectivity index (χ2v) is 8.14. The molecule has 1 aromatic heterocycles. The quantitative estimate of drug-likeness (QED) is 0.882. The van der Waals surface area contributed by atoms with Crippen LogP contribution in [-0.2, 0) is 13.0 Å². The molecule has 4 rings (SSSR count). The van der Waals surface area contributed by atoms with Crippen molar-refractivity contribution in [2.45, 2.75) is 44.5 Å². The van der Waals surface area contributed by atoms with E-state index in [0.717, 1.165) is 46.1 Å². The Kier molecular flexibility index (Phi) is 4.53. The van der Waals surface area contributed by atoms with E-state index in [1.54, 1.807) is 7.11 Å². The van der Waals surface area contributed by atoms with Crippen molar-refractivity contribution >= 4 is 22.7 Å². The minimum atomic E-state index is -0.171. The summed E-state index contributed by atoms with van der Waals surface area (Å²) in [5.74, 6) is 1.98. The number of nitrogens with one attached hydrogen (secondary N) is 1. The van der Waals surface area contributed by atoms with Crippen molar-refractivity contribution in [1.82, 2.24) is 5.32 Å². The lowest BCUT2D eigenvalue weighted by molar-refractivity contribution is 0.0920. The average Bonchev–Trinajstić information content (AvgIpc) is 3.19. The fraction of sp³-hybridized carbons (Fsp3) is 0.400. The molecule has 1 N–H and O–H groups in total. The molecule has 5 nitrogen and oxygen atoms in total. The van der Waals surface area contributed by atoms with Gasteiger partial charge in [0.15, 0.2) is 5.76 Å². The Morgan fingerprint density at radius 3 is 2.85 bits per heavy atom. The van der Waals surface area contributed by atoms with Gasteiger partial charge in [-0.3, -0.25) is 9.79 Å². The van der Waals surface area contributed by atoms with Gasteiger partial charge in [-0.05, 0) is 38.0 Å². The number of rotatable bonds is 4. The molecule has 1 aliphatic carbocycles. The van der Waals surface area contributed by atoms with E-state index in [1.165, 1.54) is 0 Å². The first kappa shape index (κ1) is 17.2. The van der Waals surface area contributed by atoms with Gasteiger partial charge in [-0.2, -0.15) is 0 Å². The maximum absolute atomic E-state index is 12.7. The number of nitrogens with zero attached hydrogens (tertiary/aromatic N) is 1. The molecular weight excluding hydrogens is 348 g/mol. The molecule has 0 spiro atoms. The molecule has 0 radical (unpaired) electrons. The van der Waals surface area contributed by atoms with Crippen molar-refractivity contribution in [1.29, 1.82) is 0 Å². The summed E-state index contributed by atoms with van der Waals surface area (Å²) in [6, 6.07) is 7.79. The fourth-order valence-corrected chi connectivity index (χ4v) is 4.89. The smallest absolute Gasteiger partial charge is 0.287 e. The molecule has 136 valence electrons. The maximum Gasteiger partial charge on any atom is 0.287 e. The number of hydrogen-bond acceptors (Lipinski definition) is 5. The van der Waals surface area contributed by atoms with E-state index in [-0.39, 0.29) is 11.9 Å². The van der Waals surface area contributed by atoms with Crippen molar-refractivity contribution in [2.75, 3.05) is 7.11 Å². The molecule has 0 saturated carbocycles. The van der Waals surface area contributed by atoms with Crippen LogP contribution in [0.5, 0.6) is 5.75 Å². The minimum Gasteiger partial charge on any atom is -0.497 e. The van der Waals surface area contributed by atoms with E-state index in [1.807, 2.05) is 43.0 Å². The number of amides is 1. The summed E-state index contributed by atoms with van der Waals surface area (Å²) in [7, 11) is 1.64. The zero-order chi connectivity index (χ0) is 18.3. The summed E-state index contributed by atoms with van der Waals surface area (Å²) in [4.78, 5) is 17.4. The SMILES string of the molecule is COc1ccc(CNC(=O)c2oc3c(c2C)[C@@H]2N=C(C)S[C@@H]2CC3)cc1. The molecule has 2 aliphatic rings. The number of aryl methyl sites for hydroxylation is 1. The van der Waals surface area contributed by atoms with Crippen LogP contribution < -0.4 is 10.1 Å². The van der Waals surface area contributed by atoms with Crippen LogP contribution >= 0.6 is 11.8 Å². The van der Waals surface area contributed by atoms with Crippen LogP contribution in [-0.4, -0.2) is 23.3 Å². The fourth-order valence-electron chi connectivity index (χ4n) is 3.71. The molecule has 0 bridgehead atoms. The number of furan rings is 1. The Hall–Kier alpha value is -2.21. The molecule has 6 heteroatoms. The van der Waals surface area contributed by atoms with Crippen LogP contribution in [0.15, 0.2) is 33.7 Å². The number of fused-ring (bicyclic) bond motifs is 3. The number of carbonyl (C=O) groups is 1. The van der Waals surface area contributed by atoms with E-state index < -0.39 is 0 Å². The van der Waals surface area contributed by atoms with Gasteiger partial charge >= 0.3 is 0 Å². The number of benzene rings is 1. The number of aliphatic imine (C=N–C) groups is 1. The second kappa shape index (κ2) is 6.83. The van der Waals surface area contributed by atoms with Crippen LogP contribution in [0.1, 0.15) is 52.4 Å². The van der Waals surface area contributed by atoms with Gasteiger partial charge in [-0.15, -0.1) is 11.8 Å². The lowest BCUT2D eigenvalue weighted by atomic mass is 9.90. The predicted octanol–water partition coefficient (Wildman–Crippen LogP) is 4.05. The summed E-state index contributed by atoms with van der Waals surface area (Å²) >= 11 is 1.85. The third-order valence-corrected chi connectivity index (χ3v) is 6.28. The number of thioether (sulfide) groups is 1. The van der Waals surface area contributed by atoms with Crippen LogP contribution in [0.3, 0.4) is 0 Å². The zero-order valence-corrected chi connectivity index (χ0v) is 16.0. The summed E-state index contributed by atoms with van der Waals surface area (Å²) < 4.78 is 11.1. The van der Waals surface area contributed by atoms with E-state index in [9.17, 15) is 4.79 Å². The van der Waals surface area contributed by atoms with Crippen LogP contribution in [0.2, 0.25) is 0 Å². The molecule has 0 fully saturated rings. The molecule has 0 unspecified atom stereocenters. The predicted molar refractivity (Wildman–Crippen MR) is 103 cm³/mol. The largest absolute Gasteiger partial charge is 0.497 e. The highest BCUT2D eigenvalue weighted by molar-refractivity contribution is 8.14. The minimum absolute atomic E-state index is 0.135. The Balaban J connectivity index is 1.51. The normalized spacial score (nSPS) is 21.0. The van der Waals surface area contributed by atoms with Gasteiger partial charge in [0.05, 0.1) is 18.2 Å². The number of carbonyl (C=O) groups excluding carboxylic acids is 1. The monoisotopic (exact) mass is 370 g/mol. The summed E-state index contributed by atoms with van der Waals surface area (Å²) in [5, 5.41) is 4.56. The summed E-state index contributed by atoms with van der Waals surface area (Å²) in [5.41, 5.74) is 3.07. The van der Waals surface area contributed by atoms with Crippen LogP contribution in [0, 0.1) is 6.92 Å². The third kappa shape index (κ3) is 3.03. The average molecular weight is 370 g/mol. The zero-order valence-electron chi connectivity index (χ0n) is 15.2. The van der Waals surface area contributed by atoms with E-state index >= 15 is 0 Å². The highest BCUT2D eigenvalue weighted by atomic mass is 32.2. The Labute approximate surface area is 157 Å². The number of hydrogen-bond donors (Lipinski definition) is 1. The van der Waals surface area contributed by atoms with Gasteiger partial charge < -0.3 is 14.5 Å². The molecule has 2 atom stereocenters. The van der Waals surface area contributed by atoms with Gasteiger partial charge in [0.1, 0.15) is 11.5 Å². The Bertz CT molecular complexity index is 870. The standard InChI is InChI=1S/C20H22N2O3S/c1-11-17-15(8-9-16-18(17)22-12(2)26-16)25-19(11)20(23)21-10-13-4-6-14(24-3)7-5-13/h4-7,16,18H,8-10H2,1-3H3,(H,21,23)/t16-,18-/m1/s1. The van der Waals surface area contributed by atoms with Crippen molar-refractivity contribution < 1.29 is 13.9 Å². The molecule has 1 aromatic carbocycles. The molecular formula is C20H22N2O3S. The van der Waals surface area contributed by atoms with Crippen molar-refractivity contribution in [3.05, 3.63) is 52.5 Å². The number of methoxy groups -OCH3 is 1. The van der Waals surface area contributed by atoms with Crippen molar-refractivity contribution in [3.8, 4) is 5.75 Å². The number of ether oxygens (including phenoxy) is 1. The van der Waals surface area contributed by atoms with E-state index in [2.05, 4.69) is 12.2 Å². The highest BCUT2D eigenvalue weighted by Crippen LogP contribution is 2.47. The van der Waals surface area contributed by atoms with Gasteiger partial charge in [-0.25, -0.2) is 0 Å². The second-order valence-electron chi connectivity index (χ2n) is 6.71. The molecule has 2 aromatic rings. The first-order valence-electron chi connectivity index (χ1n) is 8.81. The molecule has 1 aliphatic heterocycles. The topological polar surface area (TPSA) is 63.8 Å². The van der Waals surface area contributed by atoms with Crippen molar-refractivity contribution in [2.24, 2.45) is 4.99 Å².